The van der Waals surface area contributed by atoms with Crippen molar-refractivity contribution in [3.63, 3.8) is 0 Å². The predicted octanol–water partition coefficient (Wildman–Crippen LogP) is 6.45. The summed E-state index contributed by atoms with van der Waals surface area (Å²) in [7, 11) is 0. The number of rotatable bonds is 4. The van der Waals surface area contributed by atoms with Gasteiger partial charge in [-0.25, -0.2) is 0 Å². The Morgan fingerprint density at radius 3 is 1.83 bits per heavy atom. The molecule has 3 rings (SSSR count). The van der Waals surface area contributed by atoms with E-state index in [4.69, 9.17) is 0 Å². The first kappa shape index (κ1) is 16.9. The number of benzene rings is 2. The third-order valence-electron chi connectivity index (χ3n) is 5.27. The summed E-state index contributed by atoms with van der Waals surface area (Å²) in [5.74, 6) is 0.869. The second-order valence-corrected chi connectivity index (χ2v) is 8.13. The van der Waals surface area contributed by atoms with Crippen LogP contribution in [0.5, 0.6) is 0 Å². The fraction of sp³-hybridized carbons (Fsp3) is 0.455. The van der Waals surface area contributed by atoms with Crippen molar-refractivity contribution in [2.24, 2.45) is 11.3 Å². The summed E-state index contributed by atoms with van der Waals surface area (Å²) in [5.41, 5.74) is 3.94. The minimum Gasteiger partial charge on any atom is -0.382 e. The molecule has 0 aromatic heterocycles. The highest BCUT2D eigenvalue weighted by molar-refractivity contribution is 5.62. The molecule has 1 fully saturated rings. The second kappa shape index (κ2) is 7.29. The van der Waals surface area contributed by atoms with Crippen LogP contribution in [0.15, 0.2) is 54.6 Å². The monoisotopic (exact) mass is 322 g/mol. The number of hydrogen-bond donors (Lipinski definition) is 2. The van der Waals surface area contributed by atoms with Crippen LogP contribution >= 0.6 is 0 Å². The van der Waals surface area contributed by atoms with Crippen molar-refractivity contribution in [1.29, 1.82) is 0 Å². The molecule has 128 valence electrons. The Balaban J connectivity index is 1.52. The molecule has 2 N–H and O–H groups in total. The SMILES string of the molecule is CC(C)(C)C1CCC(Nc2ccc(Nc3ccccc3)cc2)CC1. The molecule has 1 aliphatic carbocycles. The van der Waals surface area contributed by atoms with Gasteiger partial charge in [0.1, 0.15) is 0 Å². The molecule has 0 radical (unpaired) electrons. The van der Waals surface area contributed by atoms with Crippen LogP contribution in [-0.4, -0.2) is 6.04 Å². The summed E-state index contributed by atoms with van der Waals surface area (Å²) in [6.07, 6.45) is 5.25. The van der Waals surface area contributed by atoms with Crippen LogP contribution in [0.3, 0.4) is 0 Å². The summed E-state index contributed by atoms with van der Waals surface area (Å²) in [6.45, 7) is 7.14. The molecule has 2 aromatic carbocycles. The molecule has 1 aliphatic rings. The van der Waals surface area contributed by atoms with Gasteiger partial charge < -0.3 is 10.6 Å². The van der Waals surface area contributed by atoms with Gasteiger partial charge in [0.2, 0.25) is 0 Å². The fourth-order valence-corrected chi connectivity index (χ4v) is 3.68. The first-order valence-corrected chi connectivity index (χ1v) is 9.19. The summed E-state index contributed by atoms with van der Waals surface area (Å²) in [5, 5.41) is 7.15. The van der Waals surface area contributed by atoms with E-state index in [1.807, 2.05) is 18.2 Å². The van der Waals surface area contributed by atoms with E-state index in [-0.39, 0.29) is 0 Å². The second-order valence-electron chi connectivity index (χ2n) is 8.13. The molecule has 2 aromatic rings. The van der Waals surface area contributed by atoms with Crippen molar-refractivity contribution in [2.75, 3.05) is 10.6 Å². The van der Waals surface area contributed by atoms with Crippen LogP contribution in [0.2, 0.25) is 0 Å². The molecule has 0 amide bonds. The molecular formula is C22H30N2. The fourth-order valence-electron chi connectivity index (χ4n) is 3.68. The summed E-state index contributed by atoms with van der Waals surface area (Å²) < 4.78 is 0. The minimum atomic E-state index is 0.454. The van der Waals surface area contributed by atoms with E-state index in [1.54, 1.807) is 0 Å². The Labute approximate surface area is 146 Å². The van der Waals surface area contributed by atoms with Crippen molar-refractivity contribution in [1.82, 2.24) is 0 Å². The van der Waals surface area contributed by atoms with Gasteiger partial charge in [-0.1, -0.05) is 39.0 Å². The predicted molar refractivity (Wildman–Crippen MR) is 105 cm³/mol. The lowest BCUT2D eigenvalue weighted by molar-refractivity contribution is 0.173. The summed E-state index contributed by atoms with van der Waals surface area (Å²) in [4.78, 5) is 0. The largest absolute Gasteiger partial charge is 0.382 e. The van der Waals surface area contributed by atoms with Crippen LogP contribution < -0.4 is 10.6 Å². The molecule has 0 aliphatic heterocycles. The smallest absolute Gasteiger partial charge is 0.0385 e. The molecule has 0 saturated heterocycles. The van der Waals surface area contributed by atoms with Gasteiger partial charge in [0, 0.05) is 23.1 Å². The lowest BCUT2D eigenvalue weighted by atomic mass is 9.71. The Morgan fingerprint density at radius 1 is 0.708 bits per heavy atom. The van der Waals surface area contributed by atoms with Gasteiger partial charge >= 0.3 is 0 Å². The third kappa shape index (κ3) is 4.53. The summed E-state index contributed by atoms with van der Waals surface area (Å²) in [6, 6.07) is 19.6. The van der Waals surface area contributed by atoms with E-state index >= 15 is 0 Å². The number of hydrogen-bond acceptors (Lipinski definition) is 2. The zero-order valence-electron chi connectivity index (χ0n) is 15.2. The standard InChI is InChI=1S/C22H30N2/c1-22(2,3)17-9-11-19(12-10-17)24-21-15-13-20(14-16-21)23-18-7-5-4-6-8-18/h4-8,13-17,19,23-24H,9-12H2,1-3H3. The Hall–Kier alpha value is -1.96. The molecule has 0 bridgehead atoms. The van der Waals surface area contributed by atoms with Gasteiger partial charge in [0.05, 0.1) is 0 Å². The topological polar surface area (TPSA) is 24.1 Å². The van der Waals surface area contributed by atoms with Crippen molar-refractivity contribution >= 4 is 17.1 Å². The molecule has 0 atom stereocenters. The lowest BCUT2D eigenvalue weighted by Gasteiger charge is -2.37. The zero-order valence-corrected chi connectivity index (χ0v) is 15.2. The van der Waals surface area contributed by atoms with E-state index in [0.717, 1.165) is 17.3 Å². The third-order valence-corrected chi connectivity index (χ3v) is 5.27. The van der Waals surface area contributed by atoms with Crippen LogP contribution in [0.25, 0.3) is 0 Å². The van der Waals surface area contributed by atoms with Gasteiger partial charge in [-0.15, -0.1) is 0 Å². The molecule has 1 saturated carbocycles. The Bertz CT molecular complexity index is 617. The number of nitrogens with one attached hydrogen (secondary N) is 2. The average Bonchev–Trinajstić information content (AvgIpc) is 2.57. The van der Waals surface area contributed by atoms with Gasteiger partial charge in [0.25, 0.3) is 0 Å². The van der Waals surface area contributed by atoms with Gasteiger partial charge in [0.15, 0.2) is 0 Å². The first-order chi connectivity index (χ1) is 11.5. The minimum absolute atomic E-state index is 0.454. The van der Waals surface area contributed by atoms with Crippen molar-refractivity contribution < 1.29 is 0 Å². The van der Waals surface area contributed by atoms with E-state index in [1.165, 1.54) is 31.4 Å². The van der Waals surface area contributed by atoms with Gasteiger partial charge in [-0.3, -0.25) is 0 Å². The maximum atomic E-state index is 3.72. The van der Waals surface area contributed by atoms with Crippen molar-refractivity contribution in [2.45, 2.75) is 52.5 Å². The Kier molecular flexibility index (Phi) is 5.13. The Morgan fingerprint density at radius 2 is 1.25 bits per heavy atom. The lowest BCUT2D eigenvalue weighted by Crippen LogP contribution is -2.31. The number of para-hydroxylation sites is 1. The van der Waals surface area contributed by atoms with Crippen LogP contribution in [0.4, 0.5) is 17.1 Å². The van der Waals surface area contributed by atoms with E-state index in [2.05, 4.69) is 67.8 Å². The molecular weight excluding hydrogens is 292 g/mol. The molecule has 2 nitrogen and oxygen atoms in total. The van der Waals surface area contributed by atoms with Crippen LogP contribution in [0.1, 0.15) is 46.5 Å². The highest BCUT2D eigenvalue weighted by atomic mass is 14.9. The first-order valence-electron chi connectivity index (χ1n) is 9.19. The highest BCUT2D eigenvalue weighted by Crippen LogP contribution is 2.38. The van der Waals surface area contributed by atoms with Gasteiger partial charge in [-0.2, -0.15) is 0 Å². The van der Waals surface area contributed by atoms with Crippen molar-refractivity contribution in [3.8, 4) is 0 Å². The zero-order chi connectivity index (χ0) is 17.0. The number of anilines is 3. The highest BCUT2D eigenvalue weighted by Gasteiger charge is 2.29. The van der Waals surface area contributed by atoms with Gasteiger partial charge in [-0.05, 0) is 73.4 Å². The molecule has 24 heavy (non-hydrogen) atoms. The molecule has 0 unspecified atom stereocenters. The average molecular weight is 322 g/mol. The molecule has 2 heteroatoms. The van der Waals surface area contributed by atoms with Crippen molar-refractivity contribution in [3.05, 3.63) is 54.6 Å². The normalized spacial score (nSPS) is 21.3. The summed E-state index contributed by atoms with van der Waals surface area (Å²) >= 11 is 0. The maximum absolute atomic E-state index is 3.72. The molecule has 0 spiro atoms. The van der Waals surface area contributed by atoms with Crippen LogP contribution in [-0.2, 0) is 0 Å². The maximum Gasteiger partial charge on any atom is 0.0385 e. The van der Waals surface area contributed by atoms with Crippen LogP contribution in [0, 0.1) is 11.3 Å². The van der Waals surface area contributed by atoms with E-state index in [9.17, 15) is 0 Å². The van der Waals surface area contributed by atoms with E-state index in [0.29, 0.717) is 11.5 Å². The quantitative estimate of drug-likeness (QED) is 0.676. The molecule has 0 heterocycles. The van der Waals surface area contributed by atoms with E-state index < -0.39 is 0 Å².